The van der Waals surface area contributed by atoms with E-state index in [2.05, 4.69) is 13.8 Å². The van der Waals surface area contributed by atoms with Gasteiger partial charge in [0.15, 0.2) is 0 Å². The van der Waals surface area contributed by atoms with Crippen LogP contribution in [0.5, 0.6) is 0 Å². The van der Waals surface area contributed by atoms with Crippen molar-refractivity contribution in [1.29, 1.82) is 0 Å². The fourth-order valence-corrected chi connectivity index (χ4v) is 16.5. The van der Waals surface area contributed by atoms with Crippen molar-refractivity contribution in [2.24, 2.45) is 11.8 Å². The molecule has 0 radical (unpaired) electrons. The molecule has 2 heterocycles. The Morgan fingerprint density at radius 1 is 0.889 bits per heavy atom. The van der Waals surface area contributed by atoms with Crippen LogP contribution in [0.1, 0.15) is 13.8 Å². The van der Waals surface area contributed by atoms with Gasteiger partial charge in [0, 0.05) is 0 Å². The SMILES string of the molecule is CC1[CH2][Ge]2([CH2]1)[CH2]C(C)[CH2]2. The third kappa shape index (κ3) is 0.867. The Morgan fingerprint density at radius 3 is 1.44 bits per heavy atom. The molecular formula is C8H16Ge. The second kappa shape index (κ2) is 1.78. The van der Waals surface area contributed by atoms with Gasteiger partial charge in [-0.3, -0.25) is 0 Å². The van der Waals surface area contributed by atoms with Crippen molar-refractivity contribution in [3.05, 3.63) is 0 Å². The normalized spacial score (nSPS) is 56.7. The molecule has 0 aromatic rings. The first-order valence-electron chi connectivity index (χ1n) is 4.20. The van der Waals surface area contributed by atoms with Crippen LogP contribution in [0.25, 0.3) is 0 Å². The molecule has 2 saturated heterocycles. The Bertz CT molecular complexity index is 99.0. The van der Waals surface area contributed by atoms with Crippen molar-refractivity contribution >= 4 is 13.3 Å². The third-order valence-corrected chi connectivity index (χ3v) is 16.2. The molecule has 0 aromatic heterocycles. The average molecular weight is 185 g/mol. The van der Waals surface area contributed by atoms with Crippen LogP contribution in [0.2, 0.25) is 21.0 Å². The van der Waals surface area contributed by atoms with E-state index >= 15 is 0 Å². The molecule has 0 bridgehead atoms. The Kier molecular flexibility index (Phi) is 1.24. The van der Waals surface area contributed by atoms with Crippen molar-refractivity contribution < 1.29 is 0 Å². The molecule has 0 amide bonds. The zero-order chi connectivity index (χ0) is 6.48. The van der Waals surface area contributed by atoms with E-state index in [9.17, 15) is 0 Å². The van der Waals surface area contributed by atoms with E-state index < -0.39 is 13.3 Å². The summed E-state index contributed by atoms with van der Waals surface area (Å²) in [4.78, 5) is 0. The zero-order valence-electron chi connectivity index (χ0n) is 6.48. The fourth-order valence-electron chi connectivity index (χ4n) is 3.17. The summed E-state index contributed by atoms with van der Waals surface area (Å²) >= 11 is -0.873. The Morgan fingerprint density at radius 2 is 1.22 bits per heavy atom. The molecule has 2 rings (SSSR count). The van der Waals surface area contributed by atoms with Crippen LogP contribution in [0.4, 0.5) is 0 Å². The van der Waals surface area contributed by atoms with Gasteiger partial charge in [0.2, 0.25) is 0 Å². The van der Waals surface area contributed by atoms with Gasteiger partial charge in [0.25, 0.3) is 0 Å². The Hall–Kier alpha value is 0.543. The van der Waals surface area contributed by atoms with Gasteiger partial charge in [-0.25, -0.2) is 0 Å². The molecule has 1 spiro atoms. The molecule has 9 heavy (non-hydrogen) atoms. The predicted octanol–water partition coefficient (Wildman–Crippen LogP) is 2.73. The number of rotatable bonds is 0. The summed E-state index contributed by atoms with van der Waals surface area (Å²) in [6.07, 6.45) is 0. The van der Waals surface area contributed by atoms with Crippen LogP contribution in [-0.4, -0.2) is 13.3 Å². The topological polar surface area (TPSA) is 0 Å². The molecule has 0 saturated carbocycles. The van der Waals surface area contributed by atoms with E-state index in [1.165, 1.54) is 0 Å². The van der Waals surface area contributed by atoms with Crippen molar-refractivity contribution in [2.45, 2.75) is 34.9 Å². The van der Waals surface area contributed by atoms with Gasteiger partial charge in [0.05, 0.1) is 0 Å². The molecule has 0 aromatic carbocycles. The van der Waals surface area contributed by atoms with Crippen molar-refractivity contribution in [1.82, 2.24) is 0 Å². The van der Waals surface area contributed by atoms with Gasteiger partial charge in [0.1, 0.15) is 0 Å². The summed E-state index contributed by atoms with van der Waals surface area (Å²) in [5.41, 5.74) is 0. The summed E-state index contributed by atoms with van der Waals surface area (Å²) in [5, 5.41) is 6.91. The van der Waals surface area contributed by atoms with Gasteiger partial charge < -0.3 is 0 Å². The van der Waals surface area contributed by atoms with E-state index in [0.29, 0.717) is 0 Å². The van der Waals surface area contributed by atoms with Crippen LogP contribution < -0.4 is 0 Å². The summed E-state index contributed by atoms with van der Waals surface area (Å²) in [6.45, 7) is 4.86. The zero-order valence-corrected chi connectivity index (χ0v) is 8.58. The van der Waals surface area contributed by atoms with Crippen molar-refractivity contribution in [3.63, 3.8) is 0 Å². The van der Waals surface area contributed by atoms with Crippen LogP contribution >= 0.6 is 0 Å². The standard InChI is InChI=1S/C8H16Ge/c1-7-3-9(4-7)5-8(2)6-9/h7-8H,3-6H2,1-2H3. The maximum atomic E-state index is 2.43. The second-order valence-corrected chi connectivity index (χ2v) is 14.2. The molecule has 52 valence electrons. The maximum absolute atomic E-state index is 2.43. The van der Waals surface area contributed by atoms with E-state index in [0.717, 1.165) is 11.8 Å². The minimum absolute atomic E-state index is 0.873. The Balaban J connectivity index is 1.87. The first-order valence-corrected chi connectivity index (χ1v) is 10.1. The molecule has 0 N–H and O–H groups in total. The summed E-state index contributed by atoms with van der Waals surface area (Å²) in [5.74, 6) is 2.27. The molecule has 0 aliphatic carbocycles. The molecule has 0 unspecified atom stereocenters. The fraction of sp³-hybridized carbons (Fsp3) is 1.00. The first-order chi connectivity index (χ1) is 4.20. The van der Waals surface area contributed by atoms with Crippen molar-refractivity contribution in [2.75, 3.05) is 0 Å². The van der Waals surface area contributed by atoms with Crippen LogP contribution in [0, 0.1) is 11.8 Å². The average Bonchev–Trinajstić information content (AvgIpc) is 1.58. The summed E-state index contributed by atoms with van der Waals surface area (Å²) in [7, 11) is 0. The van der Waals surface area contributed by atoms with Gasteiger partial charge in [-0.2, -0.15) is 0 Å². The molecular weight excluding hydrogens is 169 g/mol. The van der Waals surface area contributed by atoms with Crippen LogP contribution in [0.15, 0.2) is 0 Å². The minimum atomic E-state index is -0.873. The molecule has 0 atom stereocenters. The Labute approximate surface area is 60.4 Å². The van der Waals surface area contributed by atoms with Crippen molar-refractivity contribution in [3.8, 4) is 0 Å². The van der Waals surface area contributed by atoms with Gasteiger partial charge >= 0.3 is 60.0 Å². The van der Waals surface area contributed by atoms with E-state index in [4.69, 9.17) is 0 Å². The van der Waals surface area contributed by atoms with Crippen LogP contribution in [-0.2, 0) is 0 Å². The van der Waals surface area contributed by atoms with E-state index in [1.807, 2.05) is 0 Å². The van der Waals surface area contributed by atoms with Gasteiger partial charge in [-0.1, -0.05) is 0 Å². The molecule has 0 nitrogen and oxygen atoms in total. The molecule has 2 fully saturated rings. The summed E-state index contributed by atoms with van der Waals surface area (Å²) in [6, 6.07) is 0. The first kappa shape index (κ1) is 6.27. The third-order valence-electron chi connectivity index (χ3n) is 3.13. The second-order valence-electron chi connectivity index (χ2n) is 4.53. The molecule has 1 heteroatoms. The number of hydrogen-bond acceptors (Lipinski definition) is 0. The molecule has 2 aliphatic heterocycles. The van der Waals surface area contributed by atoms with Gasteiger partial charge in [-0.05, 0) is 0 Å². The monoisotopic (exact) mass is 186 g/mol. The van der Waals surface area contributed by atoms with Crippen LogP contribution in [0.3, 0.4) is 0 Å². The quantitative estimate of drug-likeness (QED) is 0.508. The van der Waals surface area contributed by atoms with E-state index in [1.54, 1.807) is 21.0 Å². The predicted molar refractivity (Wildman–Crippen MR) is 43.3 cm³/mol. The molecule has 2 aliphatic rings. The summed E-state index contributed by atoms with van der Waals surface area (Å²) < 4.78 is 0. The number of hydrogen-bond donors (Lipinski definition) is 0. The van der Waals surface area contributed by atoms with Gasteiger partial charge in [-0.15, -0.1) is 0 Å². The van der Waals surface area contributed by atoms with E-state index in [-0.39, 0.29) is 0 Å².